The molecule has 1 N–H and O–H groups in total. The smallest absolute Gasteiger partial charge is 0.247 e. The third-order valence-electron chi connectivity index (χ3n) is 3.48. The van der Waals surface area contributed by atoms with Crippen LogP contribution in [0.3, 0.4) is 0 Å². The molecule has 0 radical (unpaired) electrons. The Morgan fingerprint density at radius 2 is 1.89 bits per heavy atom. The minimum absolute atomic E-state index is 0.0532. The standard InChI is InChI=1S/C15H20N2O2/c1-4-11-5-7-12(8-6-11)17-13(18)9-16-15(19)14(17)10(2)3/h5-8,10,14H,4,9H2,1-3H3,(H,16,19). The Hall–Kier alpha value is -1.84. The Balaban J connectivity index is 2.36. The first-order valence-corrected chi connectivity index (χ1v) is 6.73. The minimum atomic E-state index is -0.422. The molecule has 1 unspecified atom stereocenters. The molecule has 1 aromatic carbocycles. The van der Waals surface area contributed by atoms with Crippen LogP contribution in [0.5, 0.6) is 0 Å². The fourth-order valence-electron chi connectivity index (χ4n) is 2.42. The van der Waals surface area contributed by atoms with Crippen molar-refractivity contribution in [3.63, 3.8) is 0 Å². The summed E-state index contributed by atoms with van der Waals surface area (Å²) >= 11 is 0. The number of hydrogen-bond acceptors (Lipinski definition) is 2. The number of aryl methyl sites for hydroxylation is 1. The van der Waals surface area contributed by atoms with Gasteiger partial charge in [0.2, 0.25) is 11.8 Å². The van der Waals surface area contributed by atoms with Crippen molar-refractivity contribution in [2.75, 3.05) is 11.4 Å². The molecule has 1 heterocycles. The first-order valence-electron chi connectivity index (χ1n) is 6.73. The highest BCUT2D eigenvalue weighted by Crippen LogP contribution is 2.24. The van der Waals surface area contributed by atoms with Crippen LogP contribution in [0.15, 0.2) is 24.3 Å². The molecule has 19 heavy (non-hydrogen) atoms. The number of carbonyl (C=O) groups excluding carboxylic acids is 2. The maximum absolute atomic E-state index is 12.1. The number of hydrogen-bond donors (Lipinski definition) is 1. The molecule has 102 valence electrons. The highest BCUT2D eigenvalue weighted by molar-refractivity contribution is 6.06. The predicted octanol–water partition coefficient (Wildman–Crippen LogP) is 1.74. The van der Waals surface area contributed by atoms with E-state index in [-0.39, 0.29) is 24.3 Å². The van der Waals surface area contributed by atoms with E-state index in [2.05, 4.69) is 12.2 Å². The Labute approximate surface area is 113 Å². The predicted molar refractivity (Wildman–Crippen MR) is 74.9 cm³/mol. The number of amides is 2. The van der Waals surface area contributed by atoms with Gasteiger partial charge in [0.15, 0.2) is 0 Å². The van der Waals surface area contributed by atoms with E-state index in [0.717, 1.165) is 12.1 Å². The van der Waals surface area contributed by atoms with Gasteiger partial charge in [-0.2, -0.15) is 0 Å². The lowest BCUT2D eigenvalue weighted by Crippen LogP contribution is -2.60. The van der Waals surface area contributed by atoms with E-state index in [9.17, 15) is 9.59 Å². The molecule has 1 aliphatic heterocycles. The van der Waals surface area contributed by atoms with E-state index in [1.54, 1.807) is 4.90 Å². The topological polar surface area (TPSA) is 49.4 Å². The zero-order valence-corrected chi connectivity index (χ0v) is 11.6. The summed E-state index contributed by atoms with van der Waals surface area (Å²) in [6, 6.07) is 7.43. The fraction of sp³-hybridized carbons (Fsp3) is 0.467. The van der Waals surface area contributed by atoms with Crippen LogP contribution in [0.1, 0.15) is 26.3 Å². The summed E-state index contributed by atoms with van der Waals surface area (Å²) in [5.74, 6) is -0.0492. The number of carbonyl (C=O) groups is 2. The van der Waals surface area contributed by atoms with Crippen molar-refractivity contribution in [1.29, 1.82) is 0 Å². The fourth-order valence-corrected chi connectivity index (χ4v) is 2.42. The van der Waals surface area contributed by atoms with Gasteiger partial charge < -0.3 is 5.32 Å². The van der Waals surface area contributed by atoms with Crippen molar-refractivity contribution in [2.24, 2.45) is 5.92 Å². The summed E-state index contributed by atoms with van der Waals surface area (Å²) in [5.41, 5.74) is 2.02. The largest absolute Gasteiger partial charge is 0.345 e. The van der Waals surface area contributed by atoms with Gasteiger partial charge in [0.05, 0.1) is 6.54 Å². The quantitative estimate of drug-likeness (QED) is 0.900. The zero-order chi connectivity index (χ0) is 14.0. The van der Waals surface area contributed by atoms with E-state index in [1.165, 1.54) is 5.56 Å². The van der Waals surface area contributed by atoms with Crippen molar-refractivity contribution in [3.05, 3.63) is 29.8 Å². The van der Waals surface area contributed by atoms with Gasteiger partial charge >= 0.3 is 0 Å². The molecule has 1 saturated heterocycles. The van der Waals surface area contributed by atoms with Crippen LogP contribution in [-0.2, 0) is 16.0 Å². The Bertz CT molecular complexity index is 479. The molecule has 1 atom stereocenters. The Morgan fingerprint density at radius 1 is 1.26 bits per heavy atom. The van der Waals surface area contributed by atoms with E-state index < -0.39 is 6.04 Å². The summed E-state index contributed by atoms with van der Waals surface area (Å²) < 4.78 is 0. The SMILES string of the molecule is CCc1ccc(N2C(=O)CNC(=O)C2C(C)C)cc1. The molecule has 0 bridgehead atoms. The van der Waals surface area contributed by atoms with E-state index in [1.807, 2.05) is 38.1 Å². The highest BCUT2D eigenvalue weighted by Gasteiger charge is 2.37. The second-order valence-corrected chi connectivity index (χ2v) is 5.19. The maximum Gasteiger partial charge on any atom is 0.247 e. The highest BCUT2D eigenvalue weighted by atomic mass is 16.2. The van der Waals surface area contributed by atoms with Crippen molar-refractivity contribution >= 4 is 17.5 Å². The Kier molecular flexibility index (Phi) is 3.88. The molecule has 1 aromatic rings. The monoisotopic (exact) mass is 260 g/mol. The molecule has 2 rings (SSSR count). The van der Waals surface area contributed by atoms with Crippen molar-refractivity contribution < 1.29 is 9.59 Å². The van der Waals surface area contributed by atoms with Gasteiger partial charge in [-0.05, 0) is 30.0 Å². The van der Waals surface area contributed by atoms with Crippen LogP contribution >= 0.6 is 0 Å². The second-order valence-electron chi connectivity index (χ2n) is 5.19. The minimum Gasteiger partial charge on any atom is -0.345 e. The van der Waals surface area contributed by atoms with E-state index in [0.29, 0.717) is 0 Å². The lowest BCUT2D eigenvalue weighted by molar-refractivity contribution is -0.131. The summed E-state index contributed by atoms with van der Waals surface area (Å²) in [7, 11) is 0. The zero-order valence-electron chi connectivity index (χ0n) is 11.6. The van der Waals surface area contributed by atoms with Crippen LogP contribution < -0.4 is 10.2 Å². The lowest BCUT2D eigenvalue weighted by Gasteiger charge is -2.37. The summed E-state index contributed by atoms with van der Waals surface area (Å²) in [6.45, 7) is 6.08. The van der Waals surface area contributed by atoms with Crippen molar-refractivity contribution in [1.82, 2.24) is 5.32 Å². The van der Waals surface area contributed by atoms with E-state index in [4.69, 9.17) is 0 Å². The summed E-state index contributed by atoms with van der Waals surface area (Å²) in [6.07, 6.45) is 0.961. The van der Waals surface area contributed by atoms with Crippen LogP contribution in [0, 0.1) is 5.92 Å². The van der Waals surface area contributed by atoms with Gasteiger partial charge in [-0.3, -0.25) is 14.5 Å². The van der Waals surface area contributed by atoms with Crippen LogP contribution in [0.25, 0.3) is 0 Å². The average molecular weight is 260 g/mol. The molecule has 0 saturated carbocycles. The second kappa shape index (κ2) is 5.43. The Morgan fingerprint density at radius 3 is 2.42 bits per heavy atom. The van der Waals surface area contributed by atoms with Gasteiger partial charge in [0, 0.05) is 5.69 Å². The van der Waals surface area contributed by atoms with Crippen LogP contribution in [-0.4, -0.2) is 24.4 Å². The van der Waals surface area contributed by atoms with Gasteiger partial charge in [0.25, 0.3) is 0 Å². The maximum atomic E-state index is 12.1. The molecule has 0 aliphatic carbocycles. The number of nitrogens with one attached hydrogen (secondary N) is 1. The summed E-state index contributed by atoms with van der Waals surface area (Å²) in [4.78, 5) is 25.7. The number of piperazine rings is 1. The van der Waals surface area contributed by atoms with Crippen molar-refractivity contribution in [3.8, 4) is 0 Å². The first kappa shape index (κ1) is 13.6. The number of rotatable bonds is 3. The third-order valence-corrected chi connectivity index (χ3v) is 3.48. The molecule has 4 nitrogen and oxygen atoms in total. The van der Waals surface area contributed by atoms with Gasteiger partial charge in [0.1, 0.15) is 6.04 Å². The van der Waals surface area contributed by atoms with Crippen LogP contribution in [0.2, 0.25) is 0 Å². The van der Waals surface area contributed by atoms with Gasteiger partial charge in [-0.25, -0.2) is 0 Å². The molecular weight excluding hydrogens is 240 g/mol. The lowest BCUT2D eigenvalue weighted by atomic mass is 9.98. The van der Waals surface area contributed by atoms with E-state index >= 15 is 0 Å². The van der Waals surface area contributed by atoms with Crippen LogP contribution in [0.4, 0.5) is 5.69 Å². The van der Waals surface area contributed by atoms with Gasteiger partial charge in [-0.1, -0.05) is 32.9 Å². The number of anilines is 1. The molecule has 1 fully saturated rings. The molecular formula is C15H20N2O2. The first-order chi connectivity index (χ1) is 9.04. The normalized spacial score (nSPS) is 19.8. The molecule has 0 spiro atoms. The summed E-state index contributed by atoms with van der Waals surface area (Å²) in [5, 5.41) is 2.66. The molecule has 1 aliphatic rings. The molecule has 4 heteroatoms. The van der Waals surface area contributed by atoms with Gasteiger partial charge in [-0.15, -0.1) is 0 Å². The van der Waals surface area contributed by atoms with Crippen molar-refractivity contribution in [2.45, 2.75) is 33.2 Å². The molecule has 2 amide bonds. The average Bonchev–Trinajstić information content (AvgIpc) is 2.41. The number of nitrogens with zero attached hydrogens (tertiary/aromatic N) is 1. The third kappa shape index (κ3) is 2.62. The molecule has 0 aromatic heterocycles. The number of benzene rings is 1.